The minimum Gasteiger partial charge on any atom is -0.508 e. The van der Waals surface area contributed by atoms with E-state index in [0.29, 0.717) is 16.5 Å². The molecule has 1 unspecified atom stereocenters. The standard InChI is InChI=1S/C29H28Cl2FNO2S/c30-20-5-7-24(27(31)16-20)25-10-14-36-28-17-21(34)6-8-26(28)29(25)19-3-1-4-22(15-19)35-23-9-13-33(18-23)12-2-11-32/h1,3-8,15-17,23,34H,2,9-14,18H2. The first-order valence-electron chi connectivity index (χ1n) is 12.2. The Morgan fingerprint density at radius 1 is 1.06 bits per heavy atom. The van der Waals surface area contributed by atoms with Crippen molar-refractivity contribution in [2.75, 3.05) is 32.1 Å². The summed E-state index contributed by atoms with van der Waals surface area (Å²) in [5.41, 5.74) is 5.29. The first kappa shape index (κ1) is 25.5. The number of phenols is 1. The Morgan fingerprint density at radius 3 is 2.75 bits per heavy atom. The molecular weight excluding hydrogens is 516 g/mol. The van der Waals surface area contributed by atoms with Gasteiger partial charge in [-0.15, -0.1) is 11.8 Å². The molecule has 0 radical (unpaired) electrons. The molecule has 0 bridgehead atoms. The Morgan fingerprint density at radius 2 is 1.92 bits per heavy atom. The number of thioether (sulfide) groups is 1. The van der Waals surface area contributed by atoms with Crippen molar-refractivity contribution in [1.29, 1.82) is 0 Å². The number of ether oxygens (including phenoxy) is 1. The highest BCUT2D eigenvalue weighted by atomic mass is 35.5. The lowest BCUT2D eigenvalue weighted by molar-refractivity contribution is 0.198. The molecule has 1 saturated heterocycles. The zero-order chi connectivity index (χ0) is 25.1. The molecule has 3 aromatic carbocycles. The topological polar surface area (TPSA) is 32.7 Å². The zero-order valence-electron chi connectivity index (χ0n) is 19.9. The van der Waals surface area contributed by atoms with E-state index >= 15 is 0 Å². The van der Waals surface area contributed by atoms with Gasteiger partial charge in [-0.3, -0.25) is 9.29 Å². The summed E-state index contributed by atoms with van der Waals surface area (Å²) in [5, 5.41) is 11.4. The maximum Gasteiger partial charge on any atom is 0.120 e. The molecule has 188 valence electrons. The molecule has 1 atom stereocenters. The second kappa shape index (κ2) is 11.5. The van der Waals surface area contributed by atoms with Gasteiger partial charge in [0, 0.05) is 40.3 Å². The van der Waals surface area contributed by atoms with E-state index in [1.807, 2.05) is 36.4 Å². The second-order valence-corrected chi connectivity index (χ2v) is 11.1. The molecule has 1 N–H and O–H groups in total. The van der Waals surface area contributed by atoms with Gasteiger partial charge in [0.05, 0.1) is 6.67 Å². The normalized spacial score (nSPS) is 18.2. The number of likely N-dealkylation sites (tertiary alicyclic amines) is 1. The minimum absolute atomic E-state index is 0.0907. The summed E-state index contributed by atoms with van der Waals surface area (Å²) in [6, 6.07) is 19.4. The molecule has 2 aliphatic rings. The number of benzene rings is 3. The van der Waals surface area contributed by atoms with Crippen molar-refractivity contribution in [3.63, 3.8) is 0 Å². The molecule has 0 aromatic heterocycles. The number of phenolic OH excluding ortho intramolecular Hbond substituents is 1. The molecule has 3 nitrogen and oxygen atoms in total. The third-order valence-electron chi connectivity index (χ3n) is 6.66. The number of halogens is 3. The van der Waals surface area contributed by atoms with Gasteiger partial charge in [-0.1, -0.05) is 41.4 Å². The van der Waals surface area contributed by atoms with Crippen LogP contribution in [-0.2, 0) is 0 Å². The van der Waals surface area contributed by atoms with Crippen LogP contribution in [0, 0.1) is 0 Å². The number of fused-ring (bicyclic) bond motifs is 1. The number of hydrogen-bond acceptors (Lipinski definition) is 4. The quantitative estimate of drug-likeness (QED) is 0.327. The molecular formula is C29H28Cl2FNO2S. The molecule has 0 aliphatic carbocycles. The van der Waals surface area contributed by atoms with Gasteiger partial charge in [0.25, 0.3) is 0 Å². The summed E-state index contributed by atoms with van der Waals surface area (Å²) >= 11 is 14.6. The summed E-state index contributed by atoms with van der Waals surface area (Å²) in [6.07, 6.45) is 2.41. The number of allylic oxidation sites excluding steroid dienone is 1. The van der Waals surface area contributed by atoms with Crippen molar-refractivity contribution >= 4 is 46.1 Å². The number of nitrogens with zero attached hydrogens (tertiary/aromatic N) is 1. The Labute approximate surface area is 225 Å². The maximum atomic E-state index is 12.6. The first-order chi connectivity index (χ1) is 17.5. The van der Waals surface area contributed by atoms with Crippen LogP contribution in [0.2, 0.25) is 10.0 Å². The van der Waals surface area contributed by atoms with Crippen molar-refractivity contribution in [1.82, 2.24) is 4.90 Å². The van der Waals surface area contributed by atoms with Gasteiger partial charge < -0.3 is 9.84 Å². The van der Waals surface area contributed by atoms with Crippen molar-refractivity contribution < 1.29 is 14.2 Å². The van der Waals surface area contributed by atoms with E-state index in [2.05, 4.69) is 17.0 Å². The van der Waals surface area contributed by atoms with Crippen LogP contribution in [-0.4, -0.2) is 48.2 Å². The molecule has 3 aromatic rings. The summed E-state index contributed by atoms with van der Waals surface area (Å²) in [5.74, 6) is 1.93. The van der Waals surface area contributed by atoms with Crippen molar-refractivity contribution in [2.24, 2.45) is 0 Å². The molecule has 7 heteroatoms. The summed E-state index contributed by atoms with van der Waals surface area (Å²) < 4.78 is 19.0. The predicted octanol–water partition coefficient (Wildman–Crippen LogP) is 7.97. The minimum atomic E-state index is -0.281. The Kier molecular flexibility index (Phi) is 8.12. The van der Waals surface area contributed by atoms with Crippen LogP contribution < -0.4 is 4.74 Å². The van der Waals surface area contributed by atoms with Gasteiger partial charge in [-0.2, -0.15) is 0 Å². The van der Waals surface area contributed by atoms with Crippen molar-refractivity contribution in [2.45, 2.75) is 30.3 Å². The Bertz CT molecular complexity index is 1280. The van der Waals surface area contributed by atoms with Gasteiger partial charge in [0.1, 0.15) is 17.6 Å². The average Bonchev–Trinajstić information content (AvgIpc) is 3.22. The van der Waals surface area contributed by atoms with Crippen LogP contribution in [0.4, 0.5) is 4.39 Å². The Balaban J connectivity index is 1.55. The van der Waals surface area contributed by atoms with Crippen LogP contribution in [0.5, 0.6) is 11.5 Å². The molecule has 5 rings (SSSR count). The van der Waals surface area contributed by atoms with Crippen LogP contribution >= 0.6 is 35.0 Å². The van der Waals surface area contributed by atoms with Crippen LogP contribution in [0.1, 0.15) is 36.0 Å². The predicted molar refractivity (Wildman–Crippen MR) is 148 cm³/mol. The lowest BCUT2D eigenvalue weighted by Crippen LogP contribution is -2.26. The van der Waals surface area contributed by atoms with Gasteiger partial charge in [0.15, 0.2) is 0 Å². The molecule has 0 saturated carbocycles. The van der Waals surface area contributed by atoms with Gasteiger partial charge in [-0.25, -0.2) is 0 Å². The summed E-state index contributed by atoms with van der Waals surface area (Å²) in [7, 11) is 0. The third kappa shape index (κ3) is 5.70. The van der Waals surface area contributed by atoms with Gasteiger partial charge >= 0.3 is 0 Å². The van der Waals surface area contributed by atoms with E-state index in [1.165, 1.54) is 0 Å². The van der Waals surface area contributed by atoms with E-state index in [0.717, 1.165) is 76.7 Å². The van der Waals surface area contributed by atoms with Crippen LogP contribution in [0.15, 0.2) is 65.6 Å². The van der Waals surface area contributed by atoms with E-state index < -0.39 is 0 Å². The SMILES string of the molecule is Oc1ccc2c(c1)SCCC(c1ccc(Cl)cc1Cl)=C2c1cccc(OC2CCN(CCCF)C2)c1. The lowest BCUT2D eigenvalue weighted by atomic mass is 9.88. The van der Waals surface area contributed by atoms with Crippen LogP contribution in [0.3, 0.4) is 0 Å². The van der Waals surface area contributed by atoms with Crippen molar-refractivity contribution in [3.05, 3.63) is 87.4 Å². The fourth-order valence-electron chi connectivity index (χ4n) is 5.02. The highest BCUT2D eigenvalue weighted by Crippen LogP contribution is 2.45. The largest absolute Gasteiger partial charge is 0.508 e. The summed E-state index contributed by atoms with van der Waals surface area (Å²) in [4.78, 5) is 3.30. The van der Waals surface area contributed by atoms with Gasteiger partial charge in [-0.05, 0) is 89.6 Å². The monoisotopic (exact) mass is 543 g/mol. The van der Waals surface area contributed by atoms with E-state index in [1.54, 1.807) is 23.9 Å². The third-order valence-corrected chi connectivity index (χ3v) is 8.27. The van der Waals surface area contributed by atoms with Crippen LogP contribution in [0.25, 0.3) is 11.1 Å². The number of aromatic hydroxyl groups is 1. The maximum absolute atomic E-state index is 12.6. The fourth-order valence-corrected chi connectivity index (χ4v) is 6.60. The first-order valence-corrected chi connectivity index (χ1v) is 14.0. The average molecular weight is 545 g/mol. The number of alkyl halides is 1. The Hall–Kier alpha value is -2.18. The summed E-state index contributed by atoms with van der Waals surface area (Å²) in [6.45, 7) is 2.24. The highest BCUT2D eigenvalue weighted by Gasteiger charge is 2.25. The molecule has 0 amide bonds. The van der Waals surface area contributed by atoms with Gasteiger partial charge in [0.2, 0.25) is 0 Å². The molecule has 2 aliphatic heterocycles. The lowest BCUT2D eigenvalue weighted by Gasteiger charge is -2.19. The second-order valence-electron chi connectivity index (χ2n) is 9.16. The molecule has 36 heavy (non-hydrogen) atoms. The molecule has 2 heterocycles. The zero-order valence-corrected chi connectivity index (χ0v) is 22.2. The molecule has 1 fully saturated rings. The van der Waals surface area contributed by atoms with E-state index in [4.69, 9.17) is 27.9 Å². The van der Waals surface area contributed by atoms with E-state index in [-0.39, 0.29) is 18.5 Å². The smallest absolute Gasteiger partial charge is 0.120 e. The van der Waals surface area contributed by atoms with E-state index in [9.17, 15) is 9.50 Å². The number of rotatable bonds is 7. The van der Waals surface area contributed by atoms with Crippen molar-refractivity contribution in [3.8, 4) is 11.5 Å². The fraction of sp³-hybridized carbons (Fsp3) is 0.310. The number of hydrogen-bond donors (Lipinski definition) is 1. The molecule has 0 spiro atoms. The highest BCUT2D eigenvalue weighted by molar-refractivity contribution is 7.99.